The van der Waals surface area contributed by atoms with Crippen molar-refractivity contribution in [1.29, 1.82) is 0 Å². The quantitative estimate of drug-likeness (QED) is 0.919. The van der Waals surface area contributed by atoms with E-state index in [0.717, 1.165) is 30.2 Å². The van der Waals surface area contributed by atoms with Gasteiger partial charge in [-0.05, 0) is 56.9 Å². The van der Waals surface area contributed by atoms with Crippen LogP contribution in [0.1, 0.15) is 54.9 Å². The average molecular weight is 326 g/mol. The lowest BCUT2D eigenvalue weighted by atomic mass is 9.98. The van der Waals surface area contributed by atoms with Crippen molar-refractivity contribution >= 4 is 11.6 Å². The molecule has 0 radical (unpaired) electrons. The van der Waals surface area contributed by atoms with E-state index in [9.17, 15) is 4.79 Å². The van der Waals surface area contributed by atoms with Gasteiger partial charge in [-0.25, -0.2) is 0 Å². The lowest BCUT2D eigenvalue weighted by Crippen LogP contribution is -2.33. The highest BCUT2D eigenvalue weighted by Gasteiger charge is 2.24. The number of nitrogens with zero attached hydrogens (tertiary/aromatic N) is 1. The lowest BCUT2D eigenvalue weighted by molar-refractivity contribution is -0.119. The number of piperidine rings is 1. The summed E-state index contributed by atoms with van der Waals surface area (Å²) in [7, 11) is 0. The normalized spacial score (nSPS) is 16.0. The van der Waals surface area contributed by atoms with E-state index < -0.39 is 0 Å². The molecule has 4 nitrogen and oxygen atoms in total. The first-order chi connectivity index (χ1) is 11.5. The van der Waals surface area contributed by atoms with E-state index in [1.165, 1.54) is 30.5 Å². The largest absolute Gasteiger partial charge is 0.464 e. The molecule has 1 saturated heterocycles. The van der Waals surface area contributed by atoms with Crippen LogP contribution < -0.4 is 10.2 Å². The van der Waals surface area contributed by atoms with Crippen molar-refractivity contribution in [1.82, 2.24) is 5.32 Å². The first kappa shape index (κ1) is 16.6. The number of furan rings is 1. The number of anilines is 1. The van der Waals surface area contributed by atoms with E-state index in [1.54, 1.807) is 6.92 Å². The Morgan fingerprint density at radius 1 is 1.12 bits per heavy atom. The smallest absolute Gasteiger partial charge is 0.217 e. The fourth-order valence-electron chi connectivity index (χ4n) is 3.42. The number of aryl methyl sites for hydroxylation is 2. The minimum atomic E-state index is -0.256. The molecule has 2 aromatic rings. The zero-order valence-corrected chi connectivity index (χ0v) is 14.8. The molecule has 1 aliphatic heterocycles. The summed E-state index contributed by atoms with van der Waals surface area (Å²) in [4.78, 5) is 14.2. The highest BCUT2D eigenvalue weighted by atomic mass is 16.3. The number of hydrogen-bond acceptors (Lipinski definition) is 3. The van der Waals surface area contributed by atoms with Crippen LogP contribution in [0.15, 0.2) is 34.7 Å². The Balaban J connectivity index is 2.04. The zero-order valence-electron chi connectivity index (χ0n) is 14.8. The van der Waals surface area contributed by atoms with Gasteiger partial charge in [0.1, 0.15) is 17.6 Å². The Morgan fingerprint density at radius 2 is 1.88 bits per heavy atom. The Bertz CT molecular complexity index is 714. The second-order valence-corrected chi connectivity index (χ2v) is 6.69. The standard InChI is InChI=1S/C20H26N2O2/c1-14-7-9-17(18(13-14)22-11-5-4-6-12-22)20(21-16(3)23)19-10-8-15(2)24-19/h7-10,13,20H,4-6,11-12H2,1-3H3,(H,21,23). The van der Waals surface area contributed by atoms with Gasteiger partial charge in [0.05, 0.1) is 0 Å². The van der Waals surface area contributed by atoms with Gasteiger partial charge in [-0.15, -0.1) is 0 Å². The van der Waals surface area contributed by atoms with Crippen LogP contribution in [0, 0.1) is 13.8 Å². The van der Waals surface area contributed by atoms with Gasteiger partial charge in [-0.1, -0.05) is 12.1 Å². The molecule has 1 unspecified atom stereocenters. The second kappa shape index (κ2) is 7.12. The fraction of sp³-hybridized carbons (Fsp3) is 0.450. The minimum absolute atomic E-state index is 0.0563. The molecule has 0 bridgehead atoms. The number of nitrogens with one attached hydrogen (secondary N) is 1. The summed E-state index contributed by atoms with van der Waals surface area (Å²) in [6.07, 6.45) is 3.74. The predicted octanol–water partition coefficient (Wildman–Crippen LogP) is 4.11. The van der Waals surface area contributed by atoms with Crippen LogP contribution in [0.5, 0.6) is 0 Å². The molecular weight excluding hydrogens is 300 g/mol. The molecule has 128 valence electrons. The van der Waals surface area contributed by atoms with Crippen molar-refractivity contribution in [2.75, 3.05) is 18.0 Å². The van der Waals surface area contributed by atoms with Crippen LogP contribution in [-0.2, 0) is 4.79 Å². The predicted molar refractivity (Wildman–Crippen MR) is 96.3 cm³/mol. The number of hydrogen-bond donors (Lipinski definition) is 1. The monoisotopic (exact) mass is 326 g/mol. The van der Waals surface area contributed by atoms with Crippen molar-refractivity contribution in [2.24, 2.45) is 0 Å². The molecule has 1 aromatic heterocycles. The van der Waals surface area contributed by atoms with Crippen LogP contribution in [0.2, 0.25) is 0 Å². The molecule has 0 saturated carbocycles. The summed E-state index contributed by atoms with van der Waals surface area (Å²) in [6, 6.07) is 10.1. The Kier molecular flexibility index (Phi) is 4.93. The molecule has 2 heterocycles. The Labute approximate surface area is 143 Å². The highest BCUT2D eigenvalue weighted by Crippen LogP contribution is 2.34. The molecule has 0 aliphatic carbocycles. The van der Waals surface area contributed by atoms with Crippen LogP contribution in [-0.4, -0.2) is 19.0 Å². The summed E-state index contributed by atoms with van der Waals surface area (Å²) in [6.45, 7) is 7.73. The maximum absolute atomic E-state index is 11.8. The molecule has 0 spiro atoms. The third kappa shape index (κ3) is 3.64. The molecule has 1 aliphatic rings. The first-order valence-corrected chi connectivity index (χ1v) is 8.73. The van der Waals surface area contributed by atoms with Crippen molar-refractivity contribution in [2.45, 2.75) is 46.1 Å². The number of carbonyl (C=O) groups is 1. The van der Waals surface area contributed by atoms with Gasteiger partial charge >= 0.3 is 0 Å². The number of amides is 1. The summed E-state index contributed by atoms with van der Waals surface area (Å²) < 4.78 is 5.84. The van der Waals surface area contributed by atoms with E-state index in [-0.39, 0.29) is 11.9 Å². The third-order valence-electron chi connectivity index (χ3n) is 4.59. The van der Waals surface area contributed by atoms with Crippen molar-refractivity contribution in [3.8, 4) is 0 Å². The molecular formula is C20H26N2O2. The van der Waals surface area contributed by atoms with Crippen LogP contribution >= 0.6 is 0 Å². The fourth-order valence-corrected chi connectivity index (χ4v) is 3.42. The minimum Gasteiger partial charge on any atom is -0.464 e. The Morgan fingerprint density at radius 3 is 2.50 bits per heavy atom. The molecule has 1 aromatic carbocycles. The van der Waals surface area contributed by atoms with E-state index in [2.05, 4.69) is 35.3 Å². The van der Waals surface area contributed by atoms with Crippen molar-refractivity contribution in [3.63, 3.8) is 0 Å². The van der Waals surface area contributed by atoms with E-state index in [4.69, 9.17) is 4.42 Å². The maximum atomic E-state index is 11.8. The number of carbonyl (C=O) groups excluding carboxylic acids is 1. The molecule has 1 N–H and O–H groups in total. The van der Waals surface area contributed by atoms with Crippen LogP contribution in [0.3, 0.4) is 0 Å². The van der Waals surface area contributed by atoms with E-state index in [0.29, 0.717) is 0 Å². The topological polar surface area (TPSA) is 45.5 Å². The van der Waals surface area contributed by atoms with Gasteiger partial charge < -0.3 is 14.6 Å². The van der Waals surface area contributed by atoms with E-state index >= 15 is 0 Å². The molecule has 24 heavy (non-hydrogen) atoms. The van der Waals surface area contributed by atoms with Gasteiger partial charge in [0.15, 0.2) is 0 Å². The lowest BCUT2D eigenvalue weighted by Gasteiger charge is -2.32. The summed E-state index contributed by atoms with van der Waals surface area (Å²) >= 11 is 0. The molecule has 1 fully saturated rings. The first-order valence-electron chi connectivity index (χ1n) is 8.73. The number of benzene rings is 1. The van der Waals surface area contributed by atoms with Gasteiger partial charge in [0.2, 0.25) is 5.91 Å². The van der Waals surface area contributed by atoms with Gasteiger partial charge in [-0.3, -0.25) is 4.79 Å². The maximum Gasteiger partial charge on any atom is 0.217 e. The SMILES string of the molecule is CC(=O)NC(c1ccc(C)o1)c1ccc(C)cc1N1CCCCC1. The highest BCUT2D eigenvalue weighted by molar-refractivity contribution is 5.74. The molecule has 3 rings (SSSR count). The number of rotatable bonds is 4. The zero-order chi connectivity index (χ0) is 17.1. The summed E-state index contributed by atoms with van der Waals surface area (Å²) in [5.41, 5.74) is 3.55. The Hall–Kier alpha value is -2.23. The van der Waals surface area contributed by atoms with Gasteiger partial charge in [-0.2, -0.15) is 0 Å². The van der Waals surface area contributed by atoms with Crippen LogP contribution in [0.4, 0.5) is 5.69 Å². The summed E-state index contributed by atoms with van der Waals surface area (Å²) in [5, 5.41) is 3.07. The third-order valence-corrected chi connectivity index (χ3v) is 4.59. The van der Waals surface area contributed by atoms with Crippen molar-refractivity contribution in [3.05, 3.63) is 53.0 Å². The van der Waals surface area contributed by atoms with Gasteiger partial charge in [0.25, 0.3) is 0 Å². The van der Waals surface area contributed by atoms with Crippen LogP contribution in [0.25, 0.3) is 0 Å². The van der Waals surface area contributed by atoms with Crippen molar-refractivity contribution < 1.29 is 9.21 Å². The second-order valence-electron chi connectivity index (χ2n) is 6.69. The molecule has 1 atom stereocenters. The van der Waals surface area contributed by atoms with E-state index in [1.807, 2.05) is 19.1 Å². The molecule has 4 heteroatoms. The van der Waals surface area contributed by atoms with Gasteiger partial charge in [0, 0.05) is 31.3 Å². The molecule has 1 amide bonds. The summed E-state index contributed by atoms with van der Waals surface area (Å²) in [5.74, 6) is 1.58. The average Bonchev–Trinajstić information content (AvgIpc) is 3.00.